The number of rotatable bonds is 4. The van der Waals surface area contributed by atoms with E-state index >= 15 is 0 Å². The molecular formula is C16H16N4O2. The quantitative estimate of drug-likeness (QED) is 0.446. The van der Waals surface area contributed by atoms with Crippen molar-refractivity contribution < 1.29 is 9.59 Å². The van der Waals surface area contributed by atoms with E-state index < -0.39 is 11.8 Å². The zero-order chi connectivity index (χ0) is 15.4. The lowest BCUT2D eigenvalue weighted by Crippen LogP contribution is -2.34. The minimum atomic E-state index is -0.761. The van der Waals surface area contributed by atoms with Crippen molar-refractivity contribution in [3.05, 3.63) is 59.9 Å². The van der Waals surface area contributed by atoms with E-state index in [2.05, 4.69) is 20.8 Å². The first-order chi connectivity index (χ1) is 10.8. The van der Waals surface area contributed by atoms with Gasteiger partial charge in [-0.3, -0.25) is 9.59 Å². The van der Waals surface area contributed by atoms with Gasteiger partial charge in [-0.25, -0.2) is 5.43 Å². The fraction of sp³-hybridized carbons (Fsp3) is 0.188. The van der Waals surface area contributed by atoms with Crippen LogP contribution in [0.3, 0.4) is 0 Å². The Morgan fingerprint density at radius 1 is 1.23 bits per heavy atom. The topological polar surface area (TPSA) is 86.3 Å². The average Bonchev–Trinajstić information content (AvgIpc) is 3.17. The maximum Gasteiger partial charge on any atom is 0.253 e. The Morgan fingerprint density at radius 2 is 2.05 bits per heavy atom. The molecule has 2 amide bonds. The molecule has 6 nitrogen and oxygen atoms in total. The highest BCUT2D eigenvalue weighted by Crippen LogP contribution is 2.28. The van der Waals surface area contributed by atoms with E-state index in [0.29, 0.717) is 6.54 Å². The Balaban J connectivity index is 1.70. The molecule has 2 atom stereocenters. The predicted octanol–water partition coefficient (Wildman–Crippen LogP) is 0.995. The lowest BCUT2D eigenvalue weighted by molar-refractivity contribution is -0.133. The number of aromatic amines is 1. The third-order valence-electron chi connectivity index (χ3n) is 3.69. The highest BCUT2D eigenvalue weighted by atomic mass is 16.2. The van der Waals surface area contributed by atoms with Crippen LogP contribution in [0.15, 0.2) is 53.8 Å². The number of benzene rings is 1. The van der Waals surface area contributed by atoms with Gasteiger partial charge in [0.1, 0.15) is 5.92 Å². The molecule has 6 heteroatoms. The van der Waals surface area contributed by atoms with Gasteiger partial charge in [0.15, 0.2) is 0 Å². The van der Waals surface area contributed by atoms with Crippen molar-refractivity contribution >= 4 is 18.0 Å². The lowest BCUT2D eigenvalue weighted by atomic mass is 9.88. The lowest BCUT2D eigenvalue weighted by Gasteiger charge is -2.15. The SMILES string of the molecule is O=C1NC[C@@H](c2ccccc2)[C@@H]1C(=O)N/N=C\c1ccc[nH]1. The maximum absolute atomic E-state index is 12.3. The summed E-state index contributed by atoms with van der Waals surface area (Å²) in [7, 11) is 0. The van der Waals surface area contributed by atoms with Crippen LogP contribution in [-0.4, -0.2) is 29.6 Å². The van der Waals surface area contributed by atoms with E-state index in [0.717, 1.165) is 11.3 Å². The van der Waals surface area contributed by atoms with Crippen LogP contribution in [0.4, 0.5) is 0 Å². The third kappa shape index (κ3) is 2.90. The second kappa shape index (κ2) is 6.26. The van der Waals surface area contributed by atoms with E-state index in [1.807, 2.05) is 42.5 Å². The fourth-order valence-corrected chi connectivity index (χ4v) is 2.59. The van der Waals surface area contributed by atoms with E-state index in [1.54, 1.807) is 6.20 Å². The van der Waals surface area contributed by atoms with E-state index in [4.69, 9.17) is 0 Å². The summed E-state index contributed by atoms with van der Waals surface area (Å²) >= 11 is 0. The van der Waals surface area contributed by atoms with Gasteiger partial charge in [0.05, 0.1) is 11.9 Å². The second-order valence-electron chi connectivity index (χ2n) is 5.10. The molecule has 1 aliphatic heterocycles. The Kier molecular flexibility index (Phi) is 4.00. The first-order valence-corrected chi connectivity index (χ1v) is 7.04. The van der Waals surface area contributed by atoms with Crippen LogP contribution >= 0.6 is 0 Å². The van der Waals surface area contributed by atoms with Crippen LogP contribution in [0.5, 0.6) is 0 Å². The van der Waals surface area contributed by atoms with Gasteiger partial charge >= 0.3 is 0 Å². The van der Waals surface area contributed by atoms with E-state index in [-0.39, 0.29) is 11.8 Å². The van der Waals surface area contributed by atoms with Crippen molar-refractivity contribution in [1.82, 2.24) is 15.7 Å². The molecule has 1 aromatic carbocycles. The third-order valence-corrected chi connectivity index (χ3v) is 3.69. The van der Waals surface area contributed by atoms with Crippen LogP contribution < -0.4 is 10.7 Å². The van der Waals surface area contributed by atoms with Crippen molar-refractivity contribution in [2.45, 2.75) is 5.92 Å². The number of nitrogens with one attached hydrogen (secondary N) is 3. The number of carbonyl (C=O) groups excluding carboxylic acids is 2. The molecule has 22 heavy (non-hydrogen) atoms. The van der Waals surface area contributed by atoms with Crippen molar-refractivity contribution in [1.29, 1.82) is 0 Å². The summed E-state index contributed by atoms with van der Waals surface area (Å²) in [6.45, 7) is 0.460. The molecule has 2 heterocycles. The van der Waals surface area contributed by atoms with E-state index in [9.17, 15) is 9.59 Å². The van der Waals surface area contributed by atoms with Gasteiger partial charge in [0.25, 0.3) is 5.91 Å². The standard InChI is InChI=1S/C16H16N4O2/c21-15-14(13(10-18-15)11-5-2-1-3-6-11)16(22)20-19-9-12-7-4-8-17-12/h1-9,13-14,17H,10H2,(H,18,21)(H,20,22)/b19-9-/t13-,14-/m0/s1. The molecule has 1 saturated heterocycles. The Hall–Kier alpha value is -2.89. The van der Waals surface area contributed by atoms with Gasteiger partial charge in [0, 0.05) is 18.7 Å². The van der Waals surface area contributed by atoms with Gasteiger partial charge < -0.3 is 10.3 Å². The molecule has 2 aromatic rings. The van der Waals surface area contributed by atoms with Crippen molar-refractivity contribution in [2.24, 2.45) is 11.0 Å². The molecule has 0 aliphatic carbocycles. The zero-order valence-corrected chi connectivity index (χ0v) is 11.8. The normalized spacial score (nSPS) is 21.0. The van der Waals surface area contributed by atoms with E-state index in [1.165, 1.54) is 6.21 Å². The summed E-state index contributed by atoms with van der Waals surface area (Å²) < 4.78 is 0. The number of hydrogen-bond donors (Lipinski definition) is 3. The van der Waals surface area contributed by atoms with Crippen LogP contribution in [0.25, 0.3) is 0 Å². The predicted molar refractivity (Wildman–Crippen MR) is 82.2 cm³/mol. The molecular weight excluding hydrogens is 280 g/mol. The summed E-state index contributed by atoms with van der Waals surface area (Å²) in [6.07, 6.45) is 3.27. The summed E-state index contributed by atoms with van der Waals surface area (Å²) in [5, 5.41) is 6.63. The molecule has 0 radical (unpaired) electrons. The Morgan fingerprint density at radius 3 is 2.77 bits per heavy atom. The minimum Gasteiger partial charge on any atom is -0.360 e. The molecule has 0 unspecified atom stereocenters. The average molecular weight is 296 g/mol. The summed E-state index contributed by atoms with van der Waals surface area (Å²) in [6, 6.07) is 13.2. The first kappa shape index (κ1) is 14.1. The number of carbonyl (C=O) groups is 2. The zero-order valence-electron chi connectivity index (χ0n) is 11.8. The smallest absolute Gasteiger partial charge is 0.253 e. The molecule has 1 aliphatic rings. The van der Waals surface area contributed by atoms with Crippen molar-refractivity contribution in [3.8, 4) is 0 Å². The highest BCUT2D eigenvalue weighted by Gasteiger charge is 2.40. The Labute approximate surface area is 127 Å². The number of hydrazone groups is 1. The summed E-state index contributed by atoms with van der Waals surface area (Å²) in [5.41, 5.74) is 4.18. The molecule has 3 N–H and O–H groups in total. The molecule has 3 rings (SSSR count). The highest BCUT2D eigenvalue weighted by molar-refractivity contribution is 6.03. The number of aromatic nitrogens is 1. The molecule has 1 aromatic heterocycles. The van der Waals surface area contributed by atoms with Gasteiger partial charge in [-0.05, 0) is 17.7 Å². The van der Waals surface area contributed by atoms with Crippen LogP contribution in [-0.2, 0) is 9.59 Å². The van der Waals surface area contributed by atoms with Crippen molar-refractivity contribution in [2.75, 3.05) is 6.54 Å². The fourth-order valence-electron chi connectivity index (χ4n) is 2.59. The summed E-state index contributed by atoms with van der Waals surface area (Å²) in [4.78, 5) is 27.2. The van der Waals surface area contributed by atoms with Gasteiger partial charge in [-0.15, -0.1) is 0 Å². The van der Waals surface area contributed by atoms with Gasteiger partial charge in [-0.2, -0.15) is 5.10 Å². The molecule has 1 fully saturated rings. The number of H-pyrrole nitrogens is 1. The molecule has 0 saturated carbocycles. The minimum absolute atomic E-state index is 0.172. The monoisotopic (exact) mass is 296 g/mol. The van der Waals surface area contributed by atoms with Gasteiger partial charge in [-0.1, -0.05) is 30.3 Å². The van der Waals surface area contributed by atoms with Crippen LogP contribution in [0, 0.1) is 5.92 Å². The Bertz CT molecular complexity index is 679. The van der Waals surface area contributed by atoms with Crippen LogP contribution in [0.1, 0.15) is 17.2 Å². The molecule has 0 spiro atoms. The second-order valence-corrected chi connectivity index (χ2v) is 5.10. The number of nitrogens with zero attached hydrogens (tertiary/aromatic N) is 1. The summed E-state index contributed by atoms with van der Waals surface area (Å²) in [5.74, 6) is -1.59. The molecule has 112 valence electrons. The number of hydrogen-bond acceptors (Lipinski definition) is 3. The first-order valence-electron chi connectivity index (χ1n) is 7.04. The number of amides is 2. The maximum atomic E-state index is 12.3. The van der Waals surface area contributed by atoms with Crippen LogP contribution in [0.2, 0.25) is 0 Å². The van der Waals surface area contributed by atoms with Gasteiger partial charge in [0.2, 0.25) is 5.91 Å². The van der Waals surface area contributed by atoms with Crippen molar-refractivity contribution in [3.63, 3.8) is 0 Å². The largest absolute Gasteiger partial charge is 0.360 e. The molecule has 0 bridgehead atoms.